The van der Waals surface area contributed by atoms with Gasteiger partial charge in [-0.15, -0.1) is 0 Å². The van der Waals surface area contributed by atoms with Crippen LogP contribution in [0.25, 0.3) is 0 Å². The molecule has 4 rings (SSSR count). The summed E-state index contributed by atoms with van der Waals surface area (Å²) in [6, 6.07) is 0.379. The zero-order chi connectivity index (χ0) is 11.9. The summed E-state index contributed by atoms with van der Waals surface area (Å²) in [5, 5.41) is -0.0906. The Balaban J connectivity index is 1.83. The van der Waals surface area contributed by atoms with E-state index < -0.39 is 0 Å². The van der Waals surface area contributed by atoms with Gasteiger partial charge >= 0.3 is 0 Å². The van der Waals surface area contributed by atoms with Gasteiger partial charge in [0.2, 0.25) is 5.24 Å². The van der Waals surface area contributed by atoms with Crippen LogP contribution in [0.15, 0.2) is 0 Å². The van der Waals surface area contributed by atoms with E-state index in [1.807, 2.05) is 0 Å². The van der Waals surface area contributed by atoms with E-state index >= 15 is 0 Å². The average molecular weight is 258 g/mol. The smallest absolute Gasteiger partial charge is 0.229 e. The second-order valence-electron chi connectivity index (χ2n) is 5.77. The first-order valence-electron chi connectivity index (χ1n) is 6.74. The third-order valence-electron chi connectivity index (χ3n) is 5.07. The summed E-state index contributed by atoms with van der Waals surface area (Å²) in [6.45, 7) is 3.52. The maximum atomic E-state index is 11.9. The zero-order valence-electron chi connectivity index (χ0n) is 10.2. The van der Waals surface area contributed by atoms with Crippen LogP contribution in [-0.4, -0.2) is 42.5 Å². The standard InChI is InChI=1S/C13H20ClNO2/c14-12(16)13-3-1-10(2-4-13)9-11(13)15-5-7-17-8-6-15/h10-11H,1-9H2. The molecule has 0 N–H and O–H groups in total. The molecule has 0 radical (unpaired) electrons. The number of carbonyl (C=O) groups excluding carboxylic acids is 1. The van der Waals surface area contributed by atoms with E-state index in [9.17, 15) is 4.79 Å². The lowest BCUT2D eigenvalue weighted by molar-refractivity contribution is -0.137. The van der Waals surface area contributed by atoms with E-state index in [-0.39, 0.29) is 10.7 Å². The number of rotatable bonds is 2. The highest BCUT2D eigenvalue weighted by molar-refractivity contribution is 6.64. The van der Waals surface area contributed by atoms with Crippen molar-refractivity contribution in [2.24, 2.45) is 11.3 Å². The Morgan fingerprint density at radius 3 is 2.47 bits per heavy atom. The monoisotopic (exact) mass is 257 g/mol. The minimum atomic E-state index is -0.242. The molecule has 1 heterocycles. The fourth-order valence-electron chi connectivity index (χ4n) is 4.02. The summed E-state index contributed by atoms with van der Waals surface area (Å²) in [7, 11) is 0. The molecule has 4 fully saturated rings. The number of hydrogen-bond acceptors (Lipinski definition) is 3. The van der Waals surface area contributed by atoms with Crippen molar-refractivity contribution in [2.45, 2.75) is 38.1 Å². The van der Waals surface area contributed by atoms with Gasteiger partial charge in [-0.2, -0.15) is 0 Å². The molecule has 96 valence electrons. The Hall–Kier alpha value is -0.120. The number of halogens is 1. The highest BCUT2D eigenvalue weighted by atomic mass is 35.5. The number of morpholine rings is 1. The Bertz CT molecular complexity index is 307. The zero-order valence-corrected chi connectivity index (χ0v) is 10.9. The Morgan fingerprint density at radius 2 is 1.88 bits per heavy atom. The molecule has 0 aromatic rings. The molecule has 17 heavy (non-hydrogen) atoms. The molecule has 3 nitrogen and oxygen atoms in total. The highest BCUT2D eigenvalue weighted by Gasteiger charge is 2.53. The van der Waals surface area contributed by atoms with Crippen LogP contribution in [0, 0.1) is 11.3 Å². The minimum Gasteiger partial charge on any atom is -0.379 e. The lowest BCUT2D eigenvalue weighted by Crippen LogP contribution is -2.59. The fraction of sp³-hybridized carbons (Fsp3) is 0.923. The van der Waals surface area contributed by atoms with Gasteiger partial charge < -0.3 is 4.74 Å². The number of ether oxygens (including phenoxy) is 1. The normalized spacial score (nSPS) is 42.6. The first-order valence-corrected chi connectivity index (χ1v) is 7.12. The highest BCUT2D eigenvalue weighted by Crippen LogP contribution is 2.53. The third kappa shape index (κ3) is 1.92. The lowest BCUT2D eigenvalue weighted by Gasteiger charge is -2.54. The number of hydrogen-bond donors (Lipinski definition) is 0. The molecule has 3 aliphatic carbocycles. The van der Waals surface area contributed by atoms with Gasteiger partial charge in [-0.05, 0) is 49.6 Å². The van der Waals surface area contributed by atoms with Crippen LogP contribution in [0.1, 0.15) is 32.1 Å². The molecule has 4 aliphatic rings. The molecule has 3 saturated carbocycles. The first kappa shape index (κ1) is 11.9. The number of fused-ring (bicyclic) bond motifs is 3. The molecule has 0 spiro atoms. The van der Waals surface area contributed by atoms with Gasteiger partial charge in [0, 0.05) is 19.1 Å². The van der Waals surface area contributed by atoms with E-state index in [0.717, 1.165) is 45.1 Å². The summed E-state index contributed by atoms with van der Waals surface area (Å²) < 4.78 is 5.40. The predicted octanol–water partition coefficient (Wildman–Crippen LogP) is 2.03. The summed E-state index contributed by atoms with van der Waals surface area (Å²) >= 11 is 5.96. The minimum absolute atomic E-state index is 0.0906. The van der Waals surface area contributed by atoms with Gasteiger partial charge in [-0.1, -0.05) is 0 Å². The first-order chi connectivity index (χ1) is 8.22. The second kappa shape index (κ2) is 4.52. The quantitative estimate of drug-likeness (QED) is 0.709. The van der Waals surface area contributed by atoms with Crippen LogP contribution < -0.4 is 0 Å². The van der Waals surface area contributed by atoms with E-state index in [4.69, 9.17) is 16.3 Å². The van der Waals surface area contributed by atoms with Crippen molar-refractivity contribution < 1.29 is 9.53 Å². The summed E-state index contributed by atoms with van der Waals surface area (Å²) in [4.78, 5) is 14.4. The van der Waals surface area contributed by atoms with Crippen molar-refractivity contribution in [2.75, 3.05) is 26.3 Å². The predicted molar refractivity (Wildman–Crippen MR) is 66.0 cm³/mol. The van der Waals surface area contributed by atoms with E-state index in [1.165, 1.54) is 19.3 Å². The number of nitrogens with zero attached hydrogens (tertiary/aromatic N) is 1. The van der Waals surface area contributed by atoms with Gasteiger partial charge in [0.1, 0.15) is 0 Å². The van der Waals surface area contributed by atoms with Crippen LogP contribution >= 0.6 is 11.6 Å². The second-order valence-corrected chi connectivity index (χ2v) is 6.12. The summed E-state index contributed by atoms with van der Waals surface area (Å²) in [5.74, 6) is 0.820. The van der Waals surface area contributed by atoms with Crippen molar-refractivity contribution >= 4 is 16.8 Å². The molecule has 4 heteroatoms. The average Bonchev–Trinajstić information content (AvgIpc) is 2.41. The molecule has 1 aliphatic heterocycles. The molecule has 0 aromatic carbocycles. The van der Waals surface area contributed by atoms with Gasteiger partial charge in [0.05, 0.1) is 18.6 Å². The van der Waals surface area contributed by atoms with Gasteiger partial charge in [-0.3, -0.25) is 9.69 Å². The van der Waals surface area contributed by atoms with Crippen molar-refractivity contribution in [1.82, 2.24) is 4.90 Å². The molecule has 1 unspecified atom stereocenters. The van der Waals surface area contributed by atoms with Crippen molar-refractivity contribution in [3.05, 3.63) is 0 Å². The van der Waals surface area contributed by atoms with Crippen molar-refractivity contribution in [3.8, 4) is 0 Å². The third-order valence-corrected chi connectivity index (χ3v) is 5.45. The molecule has 0 amide bonds. The molecule has 2 bridgehead atoms. The van der Waals surface area contributed by atoms with Crippen LogP contribution in [0.2, 0.25) is 0 Å². The van der Waals surface area contributed by atoms with Gasteiger partial charge in [0.15, 0.2) is 0 Å². The van der Waals surface area contributed by atoms with E-state index in [2.05, 4.69) is 4.90 Å². The SMILES string of the molecule is O=C(Cl)C12CCC(CC1)CC2N1CCOCC1. The van der Waals surface area contributed by atoms with Gasteiger partial charge in [-0.25, -0.2) is 0 Å². The molecule has 1 atom stereocenters. The molecular weight excluding hydrogens is 238 g/mol. The van der Waals surface area contributed by atoms with Crippen LogP contribution in [0.5, 0.6) is 0 Å². The van der Waals surface area contributed by atoms with E-state index in [1.54, 1.807) is 0 Å². The Morgan fingerprint density at radius 1 is 1.24 bits per heavy atom. The van der Waals surface area contributed by atoms with Crippen LogP contribution in [0.4, 0.5) is 0 Å². The molecule has 1 saturated heterocycles. The molecule has 0 aromatic heterocycles. The topological polar surface area (TPSA) is 29.5 Å². The molecular formula is C13H20ClNO2. The summed E-state index contributed by atoms with van der Waals surface area (Å²) in [6.07, 6.45) is 5.56. The van der Waals surface area contributed by atoms with Crippen LogP contribution in [-0.2, 0) is 9.53 Å². The van der Waals surface area contributed by atoms with Crippen molar-refractivity contribution in [1.29, 1.82) is 0 Å². The fourth-order valence-corrected chi connectivity index (χ4v) is 4.33. The Kier molecular flexibility index (Phi) is 3.18. The number of carbonyl (C=O) groups is 1. The maximum Gasteiger partial charge on any atom is 0.229 e. The van der Waals surface area contributed by atoms with Crippen molar-refractivity contribution in [3.63, 3.8) is 0 Å². The maximum absolute atomic E-state index is 11.9. The largest absolute Gasteiger partial charge is 0.379 e. The van der Waals surface area contributed by atoms with Gasteiger partial charge in [0.25, 0.3) is 0 Å². The Labute approximate surface area is 107 Å². The van der Waals surface area contributed by atoms with E-state index in [0.29, 0.717) is 6.04 Å². The summed E-state index contributed by atoms with van der Waals surface area (Å²) in [5.41, 5.74) is -0.242. The van der Waals surface area contributed by atoms with Crippen LogP contribution in [0.3, 0.4) is 0 Å². The lowest BCUT2D eigenvalue weighted by atomic mass is 9.58.